The summed E-state index contributed by atoms with van der Waals surface area (Å²) in [6.07, 6.45) is 0. The summed E-state index contributed by atoms with van der Waals surface area (Å²) in [4.78, 5) is 0. The molecule has 22 heavy (non-hydrogen) atoms. The van der Waals surface area contributed by atoms with E-state index in [2.05, 4.69) is 0 Å². The van der Waals surface area contributed by atoms with E-state index in [1.165, 1.54) is 0 Å². The molecule has 0 aliphatic rings. The minimum Gasteiger partial charge on any atom is 5.00 e. The maximum absolute atomic E-state index is 8.59. The molecule has 0 spiro atoms. The largest absolute Gasteiger partial charge is 5.00 e. The Kier molecular flexibility index (Phi) is 80.9. The summed E-state index contributed by atoms with van der Waals surface area (Å²) in [5.74, 6) is 0. The van der Waals surface area contributed by atoms with E-state index in [9.17, 15) is 0 Å². The van der Waals surface area contributed by atoms with Crippen LogP contribution in [0.5, 0.6) is 0 Å². The molecule has 22 heteroatoms. The first-order valence-electron chi connectivity index (χ1n) is 2.50. The maximum atomic E-state index is 8.59. The van der Waals surface area contributed by atoms with Crippen molar-refractivity contribution in [3.8, 4) is 0 Å². The van der Waals surface area contributed by atoms with Crippen LogP contribution in [0.25, 0.3) is 0 Å². The van der Waals surface area contributed by atoms with Crippen LogP contribution in [0.4, 0.5) is 0 Å². The molecule has 0 aromatic heterocycles. The molecule has 0 aromatic rings. The van der Waals surface area contributed by atoms with Gasteiger partial charge in [0, 0.05) is 0 Å². The Bertz CT molecular complexity index is 211. The fourth-order valence-electron chi connectivity index (χ4n) is 0. The van der Waals surface area contributed by atoms with Gasteiger partial charge in [0.25, 0.3) is 0 Å². The molecule has 15 nitrogen and oxygen atoms in total. The first-order valence-corrected chi connectivity index (χ1v) is 16.8. The van der Waals surface area contributed by atoms with Gasteiger partial charge in [0.15, 0.2) is 0 Å². The SMILES string of the molecule is O=[Te]([O-])[O-].O=[Te]([O-])[O-].O=[Te]([O-])[O-].O=[Te]([O-])[O-].O=[Te]([O-])[O-].[V+5].[V+5]. The summed E-state index contributed by atoms with van der Waals surface area (Å²) in [6.45, 7) is 0. The summed E-state index contributed by atoms with van der Waals surface area (Å²) < 4.78 is 129. The maximum Gasteiger partial charge on any atom is 5.00 e. The second kappa shape index (κ2) is 39.7. The van der Waals surface area contributed by atoms with E-state index in [0.29, 0.717) is 0 Å². The van der Waals surface area contributed by atoms with Gasteiger partial charge in [-0.05, 0) is 0 Å². The molecule has 0 atom stereocenters. The summed E-state index contributed by atoms with van der Waals surface area (Å²) in [5.41, 5.74) is 0. The van der Waals surface area contributed by atoms with Crippen molar-refractivity contribution in [1.29, 1.82) is 0 Å². The van der Waals surface area contributed by atoms with Gasteiger partial charge in [0.05, 0.1) is 0 Å². The Labute approximate surface area is 185 Å². The monoisotopic (exact) mass is 991 g/mol. The van der Waals surface area contributed by atoms with Gasteiger partial charge < -0.3 is 0 Å². The quantitative estimate of drug-likeness (QED) is 0.204. The van der Waals surface area contributed by atoms with Crippen molar-refractivity contribution in [3.63, 3.8) is 0 Å². The van der Waals surface area contributed by atoms with E-state index in [4.69, 9.17) is 50.2 Å². The van der Waals surface area contributed by atoms with Crippen molar-refractivity contribution >= 4 is 102 Å². The summed E-state index contributed by atoms with van der Waals surface area (Å²) in [7, 11) is 0. The van der Waals surface area contributed by atoms with E-state index in [1.807, 2.05) is 0 Å². The van der Waals surface area contributed by atoms with Crippen LogP contribution >= 0.6 is 0 Å². The first kappa shape index (κ1) is 44.8. The molecule has 0 aromatic carbocycles. The molecule has 0 aliphatic carbocycles. The summed E-state index contributed by atoms with van der Waals surface area (Å²) in [5, 5.41) is 0. The molecule has 0 bridgehead atoms. The minimum absolute atomic E-state index is 0. The van der Waals surface area contributed by atoms with Gasteiger partial charge in [-0.2, -0.15) is 0 Å². The molecular weight excluding hydrogens is 980 g/mol. The van der Waals surface area contributed by atoms with Crippen LogP contribution in [0, 0.1) is 0 Å². The van der Waals surface area contributed by atoms with E-state index < -0.39 is 102 Å². The third kappa shape index (κ3) is 886. The van der Waals surface area contributed by atoms with Crippen LogP contribution in [0.1, 0.15) is 0 Å². The number of hydrogen-bond donors (Lipinski definition) is 0. The molecule has 0 aliphatic heterocycles. The fourth-order valence-corrected chi connectivity index (χ4v) is 0. The topological polar surface area (TPSA) is 316 Å². The average Bonchev–Trinajstić information content (AvgIpc) is 1.94. The van der Waals surface area contributed by atoms with Gasteiger partial charge in [0.2, 0.25) is 0 Å². The Hall–Kier alpha value is 3.72. The van der Waals surface area contributed by atoms with Gasteiger partial charge in [-0.15, -0.1) is 0 Å². The van der Waals surface area contributed by atoms with Crippen molar-refractivity contribution < 1.29 is 87.3 Å². The molecule has 0 rings (SSSR count). The molecule has 0 amide bonds. The van der Waals surface area contributed by atoms with Crippen molar-refractivity contribution in [1.82, 2.24) is 0 Å². The minimum atomic E-state index is -4.11. The van der Waals surface area contributed by atoms with Crippen LogP contribution in [-0.2, 0) is 52.6 Å². The second-order valence-corrected chi connectivity index (χ2v) is 6.85. The normalized spacial score (nSPS) is 7.95. The molecule has 130 valence electrons. The molecule has 0 unspecified atom stereocenters. The van der Waals surface area contributed by atoms with Crippen molar-refractivity contribution in [2.75, 3.05) is 0 Å². The summed E-state index contributed by atoms with van der Waals surface area (Å²) in [6, 6.07) is 0. The van der Waals surface area contributed by atoms with Crippen LogP contribution in [0.3, 0.4) is 0 Å². The van der Waals surface area contributed by atoms with Crippen LogP contribution < -0.4 is 34.7 Å². The Morgan fingerprint density at radius 2 is 0.318 bits per heavy atom. The molecule has 0 N–H and O–H groups in total. The third-order valence-corrected chi connectivity index (χ3v) is 0. The fraction of sp³-hybridized carbons (Fsp3) is 0. The third-order valence-electron chi connectivity index (χ3n) is 0. The zero-order chi connectivity index (χ0) is 17.9. The molecule has 0 radical (unpaired) electrons. The van der Waals surface area contributed by atoms with Crippen LogP contribution in [0.2, 0.25) is 0 Å². The van der Waals surface area contributed by atoms with Crippen molar-refractivity contribution in [3.05, 3.63) is 0 Å². The predicted molar refractivity (Wildman–Crippen MR) is 32.2 cm³/mol. The second-order valence-electron chi connectivity index (χ2n) is 1.02. The Morgan fingerprint density at radius 1 is 0.318 bits per heavy atom. The molecule has 0 heterocycles. The smallest absolute Gasteiger partial charge is 5.00 e. The van der Waals surface area contributed by atoms with Gasteiger partial charge in [-0.1, -0.05) is 0 Å². The summed E-state index contributed by atoms with van der Waals surface area (Å²) >= 11 is -20.5. The Morgan fingerprint density at radius 3 is 0.318 bits per heavy atom. The van der Waals surface area contributed by atoms with Gasteiger partial charge >= 0.3 is 189 Å². The zero-order valence-corrected chi connectivity index (χ0v) is 23.5. The van der Waals surface area contributed by atoms with Crippen molar-refractivity contribution in [2.45, 2.75) is 0 Å². The molecule has 0 saturated heterocycles. The number of rotatable bonds is 0. The van der Waals surface area contributed by atoms with Crippen molar-refractivity contribution in [2.24, 2.45) is 0 Å². The van der Waals surface area contributed by atoms with E-state index in [1.54, 1.807) is 0 Å². The Balaban J connectivity index is -0.0000000250. The van der Waals surface area contributed by atoms with Gasteiger partial charge in [-0.3, -0.25) is 0 Å². The molecule has 0 saturated carbocycles. The molecular formula is O15Te5V2. The van der Waals surface area contributed by atoms with Crippen LogP contribution in [-0.4, -0.2) is 102 Å². The standard InChI is InChI=1S/5H2O3Te.2V/c5*1-4(2)3;;/h5*(H2,1,2,3);;/q;;;;;2*+5/p-10. The zero-order valence-electron chi connectivity index (χ0n) is 9.06. The molecule has 0 fully saturated rings. The van der Waals surface area contributed by atoms with Gasteiger partial charge in [0.1, 0.15) is 0 Å². The average molecular weight is 980 g/mol. The van der Waals surface area contributed by atoms with E-state index in [-0.39, 0.29) is 37.1 Å². The van der Waals surface area contributed by atoms with E-state index >= 15 is 0 Å². The van der Waals surface area contributed by atoms with E-state index in [0.717, 1.165) is 0 Å². The van der Waals surface area contributed by atoms with Crippen LogP contribution in [0.15, 0.2) is 0 Å². The predicted octanol–water partition coefficient (Wildman–Crippen LogP) is -14.4. The number of hydrogen-bond acceptors (Lipinski definition) is 15. The van der Waals surface area contributed by atoms with Gasteiger partial charge in [-0.25, -0.2) is 0 Å². The first-order chi connectivity index (χ1) is 8.66.